The maximum absolute atomic E-state index is 5.43. The van der Waals surface area contributed by atoms with Crippen LogP contribution in [-0.2, 0) is 9.47 Å². The van der Waals surface area contributed by atoms with Crippen LogP contribution in [0, 0.1) is 0 Å². The average Bonchev–Trinajstić information content (AvgIpc) is 2.30. The van der Waals surface area contributed by atoms with E-state index in [-0.39, 0.29) is 0 Å². The first kappa shape index (κ1) is 13.9. The maximum atomic E-state index is 5.43. The summed E-state index contributed by atoms with van der Waals surface area (Å²) in [6.07, 6.45) is 2.22. The second-order valence-electron chi connectivity index (χ2n) is 4.37. The molecule has 0 amide bonds. The molecule has 4 nitrogen and oxygen atoms in total. The van der Waals surface area contributed by atoms with Crippen molar-refractivity contribution in [2.24, 2.45) is 0 Å². The molecule has 96 valence electrons. The van der Waals surface area contributed by atoms with Crippen LogP contribution in [-0.4, -0.2) is 51.6 Å². The van der Waals surface area contributed by atoms with Gasteiger partial charge in [0.05, 0.1) is 13.2 Å². The Morgan fingerprint density at radius 2 is 2.44 bits per heavy atom. The Hall–Kier alpha value is -0.160. The van der Waals surface area contributed by atoms with Crippen LogP contribution >= 0.6 is 0 Å². The number of morpholine rings is 1. The molecular formula is C12H26N2O2. The quantitative estimate of drug-likeness (QED) is 0.604. The smallest absolute Gasteiger partial charge is 0.0620 e. The molecule has 2 unspecified atom stereocenters. The summed E-state index contributed by atoms with van der Waals surface area (Å²) in [5.74, 6) is 0. The highest BCUT2D eigenvalue weighted by molar-refractivity contribution is 4.75. The summed E-state index contributed by atoms with van der Waals surface area (Å²) in [4.78, 5) is 0. The molecule has 1 fully saturated rings. The largest absolute Gasteiger partial charge is 0.382 e. The fraction of sp³-hybridized carbons (Fsp3) is 1.00. The van der Waals surface area contributed by atoms with Gasteiger partial charge in [-0.25, -0.2) is 0 Å². The second-order valence-corrected chi connectivity index (χ2v) is 4.37. The molecule has 1 aliphatic heterocycles. The lowest BCUT2D eigenvalue weighted by Gasteiger charge is -2.26. The van der Waals surface area contributed by atoms with Gasteiger partial charge in [0.2, 0.25) is 0 Å². The molecule has 0 bridgehead atoms. The van der Waals surface area contributed by atoms with E-state index in [9.17, 15) is 0 Å². The Kier molecular flexibility index (Phi) is 7.76. The Balaban J connectivity index is 1.95. The van der Waals surface area contributed by atoms with E-state index in [1.807, 2.05) is 6.92 Å². The van der Waals surface area contributed by atoms with Gasteiger partial charge in [0.1, 0.15) is 0 Å². The van der Waals surface area contributed by atoms with E-state index in [1.54, 1.807) is 0 Å². The van der Waals surface area contributed by atoms with Crippen molar-refractivity contribution in [1.29, 1.82) is 0 Å². The number of rotatable bonds is 8. The summed E-state index contributed by atoms with van der Waals surface area (Å²) in [6.45, 7) is 9.68. The van der Waals surface area contributed by atoms with Crippen LogP contribution in [0.1, 0.15) is 26.7 Å². The zero-order valence-electron chi connectivity index (χ0n) is 10.6. The molecule has 4 heteroatoms. The molecule has 2 N–H and O–H groups in total. The van der Waals surface area contributed by atoms with E-state index < -0.39 is 0 Å². The first-order valence-electron chi connectivity index (χ1n) is 6.45. The van der Waals surface area contributed by atoms with Gasteiger partial charge in [0.15, 0.2) is 0 Å². The van der Waals surface area contributed by atoms with E-state index in [2.05, 4.69) is 17.6 Å². The molecule has 0 radical (unpaired) electrons. The highest BCUT2D eigenvalue weighted by Crippen LogP contribution is 2.02. The SMILES string of the molecule is CCOCCCNC(C)CC1COCCN1. The molecule has 2 atom stereocenters. The predicted octanol–water partition coefficient (Wildman–Crippen LogP) is 0.770. The van der Waals surface area contributed by atoms with Gasteiger partial charge in [0.25, 0.3) is 0 Å². The van der Waals surface area contributed by atoms with E-state index in [0.717, 1.165) is 52.4 Å². The maximum Gasteiger partial charge on any atom is 0.0620 e. The minimum Gasteiger partial charge on any atom is -0.382 e. The minimum atomic E-state index is 0.517. The Morgan fingerprint density at radius 1 is 1.56 bits per heavy atom. The van der Waals surface area contributed by atoms with Gasteiger partial charge < -0.3 is 20.1 Å². The Morgan fingerprint density at radius 3 is 3.12 bits per heavy atom. The topological polar surface area (TPSA) is 42.5 Å². The zero-order chi connectivity index (χ0) is 11.6. The van der Waals surface area contributed by atoms with Crippen LogP contribution in [0.25, 0.3) is 0 Å². The van der Waals surface area contributed by atoms with Crippen molar-refractivity contribution in [1.82, 2.24) is 10.6 Å². The lowest BCUT2D eigenvalue weighted by Crippen LogP contribution is -2.45. The van der Waals surface area contributed by atoms with Crippen molar-refractivity contribution in [3.05, 3.63) is 0 Å². The number of nitrogens with one attached hydrogen (secondary N) is 2. The summed E-state index contributed by atoms with van der Waals surface area (Å²) < 4.78 is 10.7. The monoisotopic (exact) mass is 230 g/mol. The molecule has 1 heterocycles. The zero-order valence-corrected chi connectivity index (χ0v) is 10.6. The fourth-order valence-electron chi connectivity index (χ4n) is 1.95. The molecular weight excluding hydrogens is 204 g/mol. The van der Waals surface area contributed by atoms with Gasteiger partial charge in [-0.2, -0.15) is 0 Å². The molecule has 0 aromatic heterocycles. The van der Waals surface area contributed by atoms with Crippen molar-refractivity contribution < 1.29 is 9.47 Å². The highest BCUT2D eigenvalue weighted by Gasteiger charge is 2.15. The van der Waals surface area contributed by atoms with Crippen LogP contribution in [0.5, 0.6) is 0 Å². The van der Waals surface area contributed by atoms with E-state index >= 15 is 0 Å². The van der Waals surface area contributed by atoms with Crippen LogP contribution in [0.15, 0.2) is 0 Å². The van der Waals surface area contributed by atoms with Crippen molar-refractivity contribution in [2.45, 2.75) is 38.8 Å². The lowest BCUT2D eigenvalue weighted by atomic mass is 10.1. The van der Waals surface area contributed by atoms with Gasteiger partial charge in [-0.1, -0.05) is 0 Å². The summed E-state index contributed by atoms with van der Waals surface area (Å²) in [5, 5.41) is 6.98. The second kappa shape index (κ2) is 8.93. The van der Waals surface area contributed by atoms with Gasteiger partial charge in [-0.05, 0) is 33.2 Å². The molecule has 1 rings (SSSR count). The normalized spacial score (nSPS) is 23.2. The first-order chi connectivity index (χ1) is 7.83. The van der Waals surface area contributed by atoms with Crippen LogP contribution in [0.4, 0.5) is 0 Å². The molecule has 0 saturated carbocycles. The molecule has 1 aliphatic rings. The van der Waals surface area contributed by atoms with Crippen molar-refractivity contribution in [3.8, 4) is 0 Å². The summed E-state index contributed by atoms with van der Waals surface area (Å²) in [5.41, 5.74) is 0. The number of hydrogen-bond acceptors (Lipinski definition) is 4. The average molecular weight is 230 g/mol. The highest BCUT2D eigenvalue weighted by atomic mass is 16.5. The molecule has 0 aromatic rings. The van der Waals surface area contributed by atoms with Crippen molar-refractivity contribution >= 4 is 0 Å². The van der Waals surface area contributed by atoms with Crippen LogP contribution in [0.2, 0.25) is 0 Å². The fourth-order valence-corrected chi connectivity index (χ4v) is 1.95. The molecule has 0 aliphatic carbocycles. The third-order valence-corrected chi connectivity index (χ3v) is 2.80. The standard InChI is InChI=1S/C12H26N2O2/c1-3-15-7-4-5-13-11(2)9-12-10-16-8-6-14-12/h11-14H,3-10H2,1-2H3. The van der Waals surface area contributed by atoms with E-state index in [1.165, 1.54) is 0 Å². The first-order valence-corrected chi connectivity index (χ1v) is 6.45. The lowest BCUT2D eigenvalue weighted by molar-refractivity contribution is 0.0710. The summed E-state index contributed by atoms with van der Waals surface area (Å²) >= 11 is 0. The molecule has 16 heavy (non-hydrogen) atoms. The molecule has 1 saturated heterocycles. The Labute approximate surface area is 99.1 Å². The third-order valence-electron chi connectivity index (χ3n) is 2.80. The number of hydrogen-bond donors (Lipinski definition) is 2. The summed E-state index contributed by atoms with van der Waals surface area (Å²) in [6, 6.07) is 1.06. The van der Waals surface area contributed by atoms with Gasteiger partial charge in [-0.15, -0.1) is 0 Å². The van der Waals surface area contributed by atoms with Gasteiger partial charge >= 0.3 is 0 Å². The Bertz CT molecular complexity index is 161. The predicted molar refractivity (Wildman–Crippen MR) is 65.8 cm³/mol. The van der Waals surface area contributed by atoms with Crippen LogP contribution in [0.3, 0.4) is 0 Å². The third kappa shape index (κ3) is 6.43. The van der Waals surface area contributed by atoms with E-state index in [4.69, 9.17) is 9.47 Å². The van der Waals surface area contributed by atoms with Crippen LogP contribution < -0.4 is 10.6 Å². The molecule has 0 spiro atoms. The van der Waals surface area contributed by atoms with Crippen molar-refractivity contribution in [2.75, 3.05) is 39.5 Å². The van der Waals surface area contributed by atoms with Gasteiger partial charge in [-0.3, -0.25) is 0 Å². The van der Waals surface area contributed by atoms with E-state index in [0.29, 0.717) is 12.1 Å². The summed E-state index contributed by atoms with van der Waals surface area (Å²) in [7, 11) is 0. The van der Waals surface area contributed by atoms with Gasteiger partial charge in [0, 0.05) is 31.8 Å². The van der Waals surface area contributed by atoms with Crippen molar-refractivity contribution in [3.63, 3.8) is 0 Å². The number of ether oxygens (including phenoxy) is 2. The minimum absolute atomic E-state index is 0.517. The molecule has 0 aromatic carbocycles.